The monoisotopic (exact) mass is 212 g/mol. The minimum Gasteiger partial charge on any atom is -0.472 e. The van der Waals surface area contributed by atoms with Gasteiger partial charge in [0.25, 0.3) is 0 Å². The van der Waals surface area contributed by atoms with Crippen molar-refractivity contribution in [3.63, 3.8) is 0 Å². The summed E-state index contributed by atoms with van der Waals surface area (Å²) in [5.74, 6) is 1.20. The van der Waals surface area contributed by atoms with E-state index in [1.54, 1.807) is 12.5 Å². The third-order valence-electron chi connectivity index (χ3n) is 2.67. The molecule has 1 aromatic heterocycles. The highest BCUT2D eigenvalue weighted by atomic mass is 32.2. The molecule has 2 unspecified atom stereocenters. The quantitative estimate of drug-likeness (QED) is 0.835. The van der Waals surface area contributed by atoms with Crippen LogP contribution in [0.15, 0.2) is 23.0 Å². The van der Waals surface area contributed by atoms with Crippen LogP contribution in [0.3, 0.4) is 0 Å². The van der Waals surface area contributed by atoms with Crippen molar-refractivity contribution in [3.8, 4) is 0 Å². The largest absolute Gasteiger partial charge is 0.472 e. The first-order valence-electron chi connectivity index (χ1n) is 5.17. The fourth-order valence-electron chi connectivity index (χ4n) is 1.85. The Morgan fingerprint density at radius 1 is 1.57 bits per heavy atom. The van der Waals surface area contributed by atoms with E-state index in [9.17, 15) is 5.11 Å². The molecular formula is C11H16O2S. The molecule has 2 atom stereocenters. The van der Waals surface area contributed by atoms with Crippen LogP contribution >= 0.6 is 11.8 Å². The first-order valence-corrected chi connectivity index (χ1v) is 6.22. The second kappa shape index (κ2) is 4.89. The van der Waals surface area contributed by atoms with Crippen LogP contribution in [0, 0.1) is 0 Å². The highest BCUT2D eigenvalue weighted by Gasteiger charge is 2.22. The number of aliphatic hydroxyl groups excluding tert-OH is 1. The van der Waals surface area contributed by atoms with Gasteiger partial charge in [-0.2, -0.15) is 11.8 Å². The van der Waals surface area contributed by atoms with Gasteiger partial charge < -0.3 is 9.52 Å². The highest BCUT2D eigenvalue weighted by Crippen LogP contribution is 2.28. The van der Waals surface area contributed by atoms with Gasteiger partial charge in [0.2, 0.25) is 0 Å². The zero-order chi connectivity index (χ0) is 9.80. The number of thioether (sulfide) groups is 1. The Morgan fingerprint density at radius 2 is 2.50 bits per heavy atom. The lowest BCUT2D eigenvalue weighted by Crippen LogP contribution is -2.27. The Balaban J connectivity index is 1.85. The summed E-state index contributed by atoms with van der Waals surface area (Å²) in [6.45, 7) is 0. The fraction of sp³-hybridized carbons (Fsp3) is 0.636. The summed E-state index contributed by atoms with van der Waals surface area (Å²) in [7, 11) is 0. The predicted octanol–water partition coefficient (Wildman–Crippen LogP) is 2.47. The second-order valence-electron chi connectivity index (χ2n) is 3.81. The van der Waals surface area contributed by atoms with Gasteiger partial charge in [-0.1, -0.05) is 6.42 Å². The van der Waals surface area contributed by atoms with E-state index in [0.717, 1.165) is 18.4 Å². The number of hydrogen-bond donors (Lipinski definition) is 1. The Bertz CT molecular complexity index is 252. The zero-order valence-corrected chi connectivity index (χ0v) is 9.00. The molecule has 14 heavy (non-hydrogen) atoms. The smallest absolute Gasteiger partial charge is 0.0935 e. The van der Waals surface area contributed by atoms with E-state index in [4.69, 9.17) is 4.42 Å². The first-order chi connectivity index (χ1) is 6.86. The lowest BCUT2D eigenvalue weighted by Gasteiger charge is -2.25. The Hall–Kier alpha value is -0.410. The van der Waals surface area contributed by atoms with E-state index in [1.807, 2.05) is 17.8 Å². The predicted molar refractivity (Wildman–Crippen MR) is 58.5 cm³/mol. The van der Waals surface area contributed by atoms with Gasteiger partial charge in [0.15, 0.2) is 0 Å². The van der Waals surface area contributed by atoms with Gasteiger partial charge in [0, 0.05) is 11.7 Å². The Labute approximate surface area is 88.7 Å². The van der Waals surface area contributed by atoms with Crippen LogP contribution in [0.25, 0.3) is 0 Å². The second-order valence-corrected chi connectivity index (χ2v) is 5.16. The molecule has 2 heterocycles. The molecular weight excluding hydrogens is 196 g/mol. The van der Waals surface area contributed by atoms with E-state index >= 15 is 0 Å². The van der Waals surface area contributed by atoms with Crippen molar-refractivity contribution in [1.29, 1.82) is 0 Å². The molecule has 1 saturated heterocycles. The maximum Gasteiger partial charge on any atom is 0.0935 e. The van der Waals surface area contributed by atoms with Crippen molar-refractivity contribution in [1.82, 2.24) is 0 Å². The summed E-state index contributed by atoms with van der Waals surface area (Å²) in [4.78, 5) is 0. The van der Waals surface area contributed by atoms with Gasteiger partial charge in [-0.3, -0.25) is 0 Å². The molecule has 1 aromatic rings. The maximum atomic E-state index is 9.98. The molecule has 0 spiro atoms. The summed E-state index contributed by atoms with van der Waals surface area (Å²) in [6.07, 6.45) is 7.63. The summed E-state index contributed by atoms with van der Waals surface area (Å²) in [5.41, 5.74) is 1.10. The van der Waals surface area contributed by atoms with Gasteiger partial charge in [-0.15, -0.1) is 0 Å². The van der Waals surface area contributed by atoms with E-state index in [2.05, 4.69) is 0 Å². The van der Waals surface area contributed by atoms with Crippen LogP contribution in [0.2, 0.25) is 0 Å². The van der Waals surface area contributed by atoms with Crippen molar-refractivity contribution in [2.75, 3.05) is 5.75 Å². The van der Waals surface area contributed by atoms with E-state index in [1.165, 1.54) is 18.6 Å². The molecule has 2 nitrogen and oxygen atoms in total. The van der Waals surface area contributed by atoms with Crippen molar-refractivity contribution >= 4 is 11.8 Å². The van der Waals surface area contributed by atoms with Gasteiger partial charge in [-0.25, -0.2) is 0 Å². The van der Waals surface area contributed by atoms with Gasteiger partial charge >= 0.3 is 0 Å². The first kappa shape index (κ1) is 10.1. The standard InChI is InChI=1S/C11H16O2S/c12-10(7-9-4-5-13-8-9)11-3-1-2-6-14-11/h4-5,8,10-12H,1-3,6-7H2. The molecule has 0 aromatic carbocycles. The molecule has 0 amide bonds. The Kier molecular flexibility index (Phi) is 3.54. The van der Waals surface area contributed by atoms with E-state index in [0.29, 0.717) is 5.25 Å². The molecule has 0 radical (unpaired) electrons. The molecule has 0 bridgehead atoms. The number of hydrogen-bond acceptors (Lipinski definition) is 3. The van der Waals surface area contributed by atoms with Crippen LogP contribution in [0.4, 0.5) is 0 Å². The molecule has 1 N–H and O–H groups in total. The minimum atomic E-state index is -0.210. The third-order valence-corrected chi connectivity index (χ3v) is 4.17. The third kappa shape index (κ3) is 2.55. The number of furan rings is 1. The maximum absolute atomic E-state index is 9.98. The summed E-state index contributed by atoms with van der Waals surface area (Å²) in [6, 6.07) is 1.93. The lowest BCUT2D eigenvalue weighted by atomic mass is 10.0. The van der Waals surface area contributed by atoms with Crippen molar-refractivity contribution < 1.29 is 9.52 Å². The molecule has 1 fully saturated rings. The van der Waals surface area contributed by atoms with Gasteiger partial charge in [0.1, 0.15) is 0 Å². The molecule has 3 heteroatoms. The molecule has 1 aliphatic heterocycles. The molecule has 0 saturated carbocycles. The highest BCUT2D eigenvalue weighted by molar-refractivity contribution is 8.00. The summed E-state index contributed by atoms with van der Waals surface area (Å²) in [5, 5.41) is 10.4. The summed E-state index contributed by atoms with van der Waals surface area (Å²) < 4.78 is 4.98. The molecule has 2 rings (SSSR count). The van der Waals surface area contributed by atoms with Crippen LogP contribution < -0.4 is 0 Å². The summed E-state index contributed by atoms with van der Waals surface area (Å²) >= 11 is 1.91. The van der Waals surface area contributed by atoms with Gasteiger partial charge in [-0.05, 0) is 30.2 Å². The zero-order valence-electron chi connectivity index (χ0n) is 8.19. The number of rotatable bonds is 3. The van der Waals surface area contributed by atoms with Crippen molar-refractivity contribution in [3.05, 3.63) is 24.2 Å². The Morgan fingerprint density at radius 3 is 3.14 bits per heavy atom. The van der Waals surface area contributed by atoms with Crippen LogP contribution in [-0.2, 0) is 6.42 Å². The van der Waals surface area contributed by atoms with Gasteiger partial charge in [0.05, 0.1) is 18.6 Å². The van der Waals surface area contributed by atoms with E-state index < -0.39 is 0 Å². The average Bonchev–Trinajstić information content (AvgIpc) is 2.72. The minimum absolute atomic E-state index is 0.210. The van der Waals surface area contributed by atoms with Crippen LogP contribution in [-0.4, -0.2) is 22.2 Å². The van der Waals surface area contributed by atoms with Crippen molar-refractivity contribution in [2.24, 2.45) is 0 Å². The number of aliphatic hydroxyl groups is 1. The topological polar surface area (TPSA) is 33.4 Å². The SMILES string of the molecule is OC(Cc1ccoc1)C1CCCCS1. The van der Waals surface area contributed by atoms with E-state index in [-0.39, 0.29) is 6.10 Å². The molecule has 78 valence electrons. The molecule has 1 aliphatic rings. The molecule has 0 aliphatic carbocycles. The fourth-order valence-corrected chi connectivity index (χ4v) is 3.18. The van der Waals surface area contributed by atoms with Crippen LogP contribution in [0.5, 0.6) is 0 Å². The van der Waals surface area contributed by atoms with Crippen LogP contribution in [0.1, 0.15) is 24.8 Å². The van der Waals surface area contributed by atoms with Crippen molar-refractivity contribution in [2.45, 2.75) is 37.0 Å². The normalized spacial score (nSPS) is 24.8. The lowest BCUT2D eigenvalue weighted by molar-refractivity contribution is 0.166. The average molecular weight is 212 g/mol.